The van der Waals surface area contributed by atoms with Crippen molar-refractivity contribution in [2.45, 2.75) is 44.9 Å². The molecule has 4 rings (SSSR count). The highest BCUT2D eigenvalue weighted by Gasteiger charge is 2.27. The Bertz CT molecular complexity index is 816. The SMILES string of the molecule is CCCc1nc(-c2noc(C3CCc4cnn(C)c4C3)n2)co1. The van der Waals surface area contributed by atoms with Crippen molar-refractivity contribution in [2.24, 2.45) is 7.05 Å². The summed E-state index contributed by atoms with van der Waals surface area (Å²) in [6.07, 6.45) is 8.24. The molecule has 0 bridgehead atoms. The van der Waals surface area contributed by atoms with E-state index in [1.54, 1.807) is 6.26 Å². The fourth-order valence-corrected chi connectivity index (χ4v) is 3.10. The molecule has 7 nitrogen and oxygen atoms in total. The number of aryl methyl sites for hydroxylation is 3. The van der Waals surface area contributed by atoms with Crippen LogP contribution in [0.25, 0.3) is 11.5 Å². The highest BCUT2D eigenvalue weighted by molar-refractivity contribution is 5.46. The summed E-state index contributed by atoms with van der Waals surface area (Å²) >= 11 is 0. The van der Waals surface area contributed by atoms with Crippen molar-refractivity contribution < 1.29 is 8.94 Å². The first-order chi connectivity index (χ1) is 11.2. The van der Waals surface area contributed by atoms with Crippen molar-refractivity contribution >= 4 is 0 Å². The summed E-state index contributed by atoms with van der Waals surface area (Å²) < 4.78 is 12.8. The lowest BCUT2D eigenvalue weighted by Gasteiger charge is -2.19. The Morgan fingerprint density at radius 1 is 1.35 bits per heavy atom. The molecule has 3 heterocycles. The van der Waals surface area contributed by atoms with Crippen LogP contribution >= 0.6 is 0 Å². The molecule has 1 atom stereocenters. The predicted molar refractivity (Wildman–Crippen MR) is 81.8 cm³/mol. The number of nitrogens with zero attached hydrogens (tertiary/aromatic N) is 5. The Morgan fingerprint density at radius 3 is 3.13 bits per heavy atom. The number of hydrogen-bond acceptors (Lipinski definition) is 6. The second-order valence-corrected chi connectivity index (χ2v) is 6.01. The van der Waals surface area contributed by atoms with Crippen LogP contribution in [-0.4, -0.2) is 24.9 Å². The topological polar surface area (TPSA) is 82.8 Å². The first-order valence-corrected chi connectivity index (χ1v) is 8.02. The third kappa shape index (κ3) is 2.56. The Kier molecular flexibility index (Phi) is 3.48. The molecule has 3 aromatic heterocycles. The third-order valence-electron chi connectivity index (χ3n) is 4.39. The van der Waals surface area contributed by atoms with E-state index in [-0.39, 0.29) is 5.92 Å². The standard InChI is InChI=1S/C16H19N5O2/c1-3-4-14-18-12(9-22-14)15-19-16(23-20-15)10-5-6-11-8-17-21(2)13(11)7-10/h8-10H,3-7H2,1-2H3. The Morgan fingerprint density at radius 2 is 2.26 bits per heavy atom. The van der Waals surface area contributed by atoms with Gasteiger partial charge in [-0.1, -0.05) is 12.1 Å². The van der Waals surface area contributed by atoms with E-state index in [1.807, 2.05) is 17.9 Å². The van der Waals surface area contributed by atoms with Crippen LogP contribution in [0.2, 0.25) is 0 Å². The van der Waals surface area contributed by atoms with Gasteiger partial charge in [0.25, 0.3) is 0 Å². The molecule has 3 aromatic rings. The fraction of sp³-hybridized carbons (Fsp3) is 0.500. The predicted octanol–water partition coefficient (Wildman–Crippen LogP) is 2.68. The van der Waals surface area contributed by atoms with E-state index in [2.05, 4.69) is 27.1 Å². The quantitative estimate of drug-likeness (QED) is 0.736. The van der Waals surface area contributed by atoms with Crippen LogP contribution in [0.1, 0.15) is 48.7 Å². The van der Waals surface area contributed by atoms with Gasteiger partial charge >= 0.3 is 0 Å². The van der Waals surface area contributed by atoms with Gasteiger partial charge in [0.15, 0.2) is 5.89 Å². The molecule has 1 aliphatic carbocycles. The van der Waals surface area contributed by atoms with Gasteiger partial charge in [-0.3, -0.25) is 4.68 Å². The monoisotopic (exact) mass is 313 g/mol. The van der Waals surface area contributed by atoms with E-state index >= 15 is 0 Å². The van der Waals surface area contributed by atoms with Crippen molar-refractivity contribution in [1.29, 1.82) is 0 Å². The van der Waals surface area contributed by atoms with Crippen molar-refractivity contribution in [3.05, 3.63) is 35.5 Å². The minimum atomic E-state index is 0.237. The highest BCUT2D eigenvalue weighted by Crippen LogP contribution is 2.32. The van der Waals surface area contributed by atoms with Crippen molar-refractivity contribution in [2.75, 3.05) is 0 Å². The Balaban J connectivity index is 1.55. The Hall–Kier alpha value is -2.44. The van der Waals surface area contributed by atoms with E-state index < -0.39 is 0 Å². The van der Waals surface area contributed by atoms with Crippen LogP contribution in [0.4, 0.5) is 0 Å². The smallest absolute Gasteiger partial charge is 0.230 e. The summed E-state index contributed by atoms with van der Waals surface area (Å²) in [6, 6.07) is 0. The number of rotatable bonds is 4. The molecule has 0 fully saturated rings. The summed E-state index contributed by atoms with van der Waals surface area (Å²) in [5.41, 5.74) is 3.22. The molecule has 23 heavy (non-hydrogen) atoms. The lowest BCUT2D eigenvalue weighted by Crippen LogP contribution is -2.15. The van der Waals surface area contributed by atoms with E-state index in [4.69, 9.17) is 8.94 Å². The zero-order chi connectivity index (χ0) is 15.8. The molecule has 0 amide bonds. The van der Waals surface area contributed by atoms with Crippen LogP contribution in [-0.2, 0) is 26.3 Å². The van der Waals surface area contributed by atoms with E-state index in [0.29, 0.717) is 23.3 Å². The molecule has 0 spiro atoms. The molecule has 1 aliphatic rings. The lowest BCUT2D eigenvalue weighted by molar-refractivity contribution is 0.338. The second kappa shape index (κ2) is 5.64. The molecule has 0 N–H and O–H groups in total. The molecule has 0 saturated carbocycles. The van der Waals surface area contributed by atoms with Gasteiger partial charge in [0.2, 0.25) is 11.7 Å². The number of oxazole rings is 1. The maximum absolute atomic E-state index is 5.49. The molecule has 0 saturated heterocycles. The average Bonchev–Trinajstić information content (AvgIpc) is 3.27. The molecular weight excluding hydrogens is 294 g/mol. The summed E-state index contributed by atoms with van der Waals surface area (Å²) in [7, 11) is 1.98. The third-order valence-corrected chi connectivity index (χ3v) is 4.39. The summed E-state index contributed by atoms with van der Waals surface area (Å²) in [5, 5.41) is 8.40. The normalized spacial score (nSPS) is 17.4. The molecule has 0 aliphatic heterocycles. The fourth-order valence-electron chi connectivity index (χ4n) is 3.10. The zero-order valence-corrected chi connectivity index (χ0v) is 13.3. The molecule has 120 valence electrons. The van der Waals surface area contributed by atoms with Gasteiger partial charge in [0.1, 0.15) is 12.0 Å². The van der Waals surface area contributed by atoms with Gasteiger partial charge < -0.3 is 8.94 Å². The van der Waals surface area contributed by atoms with Crippen LogP contribution in [0.5, 0.6) is 0 Å². The zero-order valence-electron chi connectivity index (χ0n) is 13.3. The number of fused-ring (bicyclic) bond motifs is 1. The van der Waals surface area contributed by atoms with Gasteiger partial charge in [0, 0.05) is 31.5 Å². The largest absolute Gasteiger partial charge is 0.448 e. The summed E-state index contributed by atoms with van der Waals surface area (Å²) in [5.74, 6) is 2.13. The van der Waals surface area contributed by atoms with Crippen molar-refractivity contribution in [3.63, 3.8) is 0 Å². The highest BCUT2D eigenvalue weighted by atomic mass is 16.5. The van der Waals surface area contributed by atoms with Crippen molar-refractivity contribution in [3.8, 4) is 11.5 Å². The molecule has 1 unspecified atom stereocenters. The van der Waals surface area contributed by atoms with Crippen LogP contribution in [0.15, 0.2) is 21.4 Å². The first-order valence-electron chi connectivity index (χ1n) is 8.02. The van der Waals surface area contributed by atoms with E-state index in [9.17, 15) is 0 Å². The van der Waals surface area contributed by atoms with E-state index in [0.717, 1.165) is 32.1 Å². The maximum Gasteiger partial charge on any atom is 0.230 e. The number of hydrogen-bond donors (Lipinski definition) is 0. The van der Waals surface area contributed by atoms with Gasteiger partial charge in [-0.05, 0) is 24.8 Å². The molecule has 0 radical (unpaired) electrons. The molecular formula is C16H19N5O2. The lowest BCUT2D eigenvalue weighted by atomic mass is 9.88. The van der Waals surface area contributed by atoms with Crippen molar-refractivity contribution in [1.82, 2.24) is 24.9 Å². The second-order valence-electron chi connectivity index (χ2n) is 6.01. The average molecular weight is 313 g/mol. The van der Waals surface area contributed by atoms with Crippen LogP contribution < -0.4 is 0 Å². The van der Waals surface area contributed by atoms with Gasteiger partial charge in [0.05, 0.1) is 6.20 Å². The minimum absolute atomic E-state index is 0.237. The van der Waals surface area contributed by atoms with Gasteiger partial charge in [-0.15, -0.1) is 0 Å². The maximum atomic E-state index is 5.49. The summed E-state index contributed by atoms with van der Waals surface area (Å²) in [6.45, 7) is 2.09. The van der Waals surface area contributed by atoms with Crippen LogP contribution in [0, 0.1) is 0 Å². The molecule has 0 aromatic carbocycles. The van der Waals surface area contributed by atoms with E-state index in [1.165, 1.54) is 11.3 Å². The minimum Gasteiger partial charge on any atom is -0.448 e. The van der Waals surface area contributed by atoms with Gasteiger partial charge in [-0.2, -0.15) is 10.1 Å². The number of aromatic nitrogens is 5. The Labute approximate surface area is 133 Å². The first kappa shape index (κ1) is 14.2. The van der Waals surface area contributed by atoms with Crippen LogP contribution in [0.3, 0.4) is 0 Å². The molecule has 7 heteroatoms. The van der Waals surface area contributed by atoms with Gasteiger partial charge in [-0.25, -0.2) is 4.98 Å². The summed E-state index contributed by atoms with van der Waals surface area (Å²) in [4.78, 5) is 8.94.